The lowest BCUT2D eigenvalue weighted by atomic mass is 9.52. The minimum Gasteiger partial charge on any atom is -0.326 e. The summed E-state index contributed by atoms with van der Waals surface area (Å²) >= 11 is 0. The molecule has 1 fully saturated rings. The summed E-state index contributed by atoms with van der Waals surface area (Å²) in [5.41, 5.74) is 7.95. The first-order valence-corrected chi connectivity index (χ1v) is 15.1. The molecule has 6 aromatic carbocycles. The standard InChI is InChI=1S/C40H30N2O2/c43-39-37-35(28-9-3-1-4-10-28)36(29-11-5-2-6-12-29)38(37)40(44)42-31-23-19-26(20-24-31)33-16-8-14-27-13-7-15-32(34(27)33)25-17-21-30(41-39)22-18-25/h1-24,35-38H,(H,41,43)(H,42,44)/t35-,36+,37+,38-. The summed E-state index contributed by atoms with van der Waals surface area (Å²) < 4.78 is 0. The van der Waals surface area contributed by atoms with Crippen LogP contribution in [0.15, 0.2) is 146 Å². The number of rotatable bonds is 2. The molecule has 5 aliphatic rings. The summed E-state index contributed by atoms with van der Waals surface area (Å²) in [6.45, 7) is 0. The summed E-state index contributed by atoms with van der Waals surface area (Å²) in [6, 6.07) is 49.1. The molecule has 4 heterocycles. The molecule has 4 nitrogen and oxygen atoms in total. The molecule has 2 amide bonds. The quantitative estimate of drug-likeness (QED) is 0.218. The number of amides is 2. The molecule has 0 radical (unpaired) electrons. The molecule has 44 heavy (non-hydrogen) atoms. The highest BCUT2D eigenvalue weighted by Crippen LogP contribution is 2.58. The van der Waals surface area contributed by atoms with Gasteiger partial charge in [-0.1, -0.05) is 121 Å². The van der Waals surface area contributed by atoms with E-state index < -0.39 is 11.8 Å². The lowest BCUT2D eigenvalue weighted by molar-refractivity contribution is -0.138. The summed E-state index contributed by atoms with van der Waals surface area (Å²) in [5, 5.41) is 8.67. The van der Waals surface area contributed by atoms with E-state index in [1.165, 1.54) is 5.39 Å². The zero-order chi connectivity index (χ0) is 29.6. The maximum Gasteiger partial charge on any atom is 0.228 e. The number of benzene rings is 6. The summed E-state index contributed by atoms with van der Waals surface area (Å²) in [5.74, 6) is -1.68. The minimum atomic E-state index is -0.546. The van der Waals surface area contributed by atoms with Gasteiger partial charge in [0.1, 0.15) is 0 Å². The van der Waals surface area contributed by atoms with Gasteiger partial charge in [-0.15, -0.1) is 0 Å². The van der Waals surface area contributed by atoms with Crippen LogP contribution < -0.4 is 10.6 Å². The summed E-state index contributed by atoms with van der Waals surface area (Å²) in [7, 11) is 0. The van der Waals surface area contributed by atoms with Gasteiger partial charge in [0.15, 0.2) is 0 Å². The van der Waals surface area contributed by atoms with Crippen LogP contribution in [0.4, 0.5) is 11.4 Å². The van der Waals surface area contributed by atoms with E-state index in [4.69, 9.17) is 0 Å². The first-order valence-electron chi connectivity index (χ1n) is 15.1. The van der Waals surface area contributed by atoms with Gasteiger partial charge < -0.3 is 10.6 Å². The molecule has 11 rings (SSSR count). The summed E-state index contributed by atoms with van der Waals surface area (Å²) in [6.07, 6.45) is 0. The highest BCUT2D eigenvalue weighted by atomic mass is 16.2. The molecule has 2 N–H and O–H groups in total. The Bertz CT molecular complexity index is 1860. The molecular formula is C40H30N2O2. The van der Waals surface area contributed by atoms with Crippen molar-refractivity contribution in [1.29, 1.82) is 0 Å². The van der Waals surface area contributed by atoms with Crippen molar-refractivity contribution in [2.24, 2.45) is 11.8 Å². The molecule has 4 heteroatoms. The fourth-order valence-corrected chi connectivity index (χ4v) is 7.32. The second-order valence-electron chi connectivity index (χ2n) is 11.8. The number of nitrogens with one attached hydrogen (secondary N) is 2. The molecule has 1 aliphatic carbocycles. The lowest BCUT2D eigenvalue weighted by Crippen LogP contribution is -2.54. The van der Waals surface area contributed by atoms with Crippen LogP contribution in [-0.2, 0) is 9.59 Å². The Kier molecular flexibility index (Phi) is 6.34. The minimum absolute atomic E-state index is 0.147. The van der Waals surface area contributed by atoms with Crippen molar-refractivity contribution in [3.63, 3.8) is 0 Å². The zero-order valence-corrected chi connectivity index (χ0v) is 24.0. The maximum atomic E-state index is 14.2. The van der Waals surface area contributed by atoms with Crippen molar-refractivity contribution >= 4 is 34.0 Å². The number of hydrogen-bond donors (Lipinski definition) is 2. The van der Waals surface area contributed by atoms with Gasteiger partial charge in [0, 0.05) is 23.2 Å². The van der Waals surface area contributed by atoms with Crippen LogP contribution in [0.5, 0.6) is 0 Å². The van der Waals surface area contributed by atoms with Crippen LogP contribution in [-0.4, -0.2) is 11.8 Å². The predicted octanol–water partition coefficient (Wildman–Crippen LogP) is 8.88. The predicted molar refractivity (Wildman–Crippen MR) is 177 cm³/mol. The van der Waals surface area contributed by atoms with Crippen LogP contribution in [0.25, 0.3) is 33.0 Å². The number of carbonyl (C=O) groups is 2. The van der Waals surface area contributed by atoms with Gasteiger partial charge in [-0.3, -0.25) is 9.59 Å². The maximum absolute atomic E-state index is 14.2. The smallest absolute Gasteiger partial charge is 0.228 e. The van der Waals surface area contributed by atoms with Crippen LogP contribution >= 0.6 is 0 Å². The first kappa shape index (κ1) is 26.2. The molecule has 0 saturated heterocycles. The van der Waals surface area contributed by atoms with E-state index in [9.17, 15) is 9.59 Å². The average molecular weight is 571 g/mol. The Morgan fingerprint density at radius 1 is 0.386 bits per heavy atom. The topological polar surface area (TPSA) is 58.2 Å². The highest BCUT2D eigenvalue weighted by molar-refractivity contribution is 6.07. The summed E-state index contributed by atoms with van der Waals surface area (Å²) in [4.78, 5) is 28.3. The third kappa shape index (κ3) is 4.38. The van der Waals surface area contributed by atoms with Crippen LogP contribution in [0.2, 0.25) is 0 Å². The zero-order valence-electron chi connectivity index (χ0n) is 24.0. The molecule has 0 unspecified atom stereocenters. The third-order valence-corrected chi connectivity index (χ3v) is 9.35. The van der Waals surface area contributed by atoms with E-state index in [1.807, 2.05) is 60.7 Å². The van der Waals surface area contributed by atoms with E-state index in [1.54, 1.807) is 0 Å². The molecule has 0 aromatic heterocycles. The molecular weight excluding hydrogens is 540 g/mol. The van der Waals surface area contributed by atoms with Crippen molar-refractivity contribution in [3.8, 4) is 22.3 Å². The Morgan fingerprint density at radius 3 is 1.20 bits per heavy atom. The van der Waals surface area contributed by atoms with Gasteiger partial charge >= 0.3 is 0 Å². The van der Waals surface area contributed by atoms with Gasteiger partial charge in [-0.2, -0.15) is 0 Å². The molecule has 4 atom stereocenters. The monoisotopic (exact) mass is 570 g/mol. The molecule has 0 spiro atoms. The van der Waals surface area contributed by atoms with E-state index in [0.717, 1.165) is 38.8 Å². The fourth-order valence-electron chi connectivity index (χ4n) is 7.32. The highest BCUT2D eigenvalue weighted by Gasteiger charge is 2.58. The van der Waals surface area contributed by atoms with Gasteiger partial charge in [-0.25, -0.2) is 0 Å². The second-order valence-corrected chi connectivity index (χ2v) is 11.8. The second kappa shape index (κ2) is 10.7. The van der Waals surface area contributed by atoms with Crippen LogP contribution in [0.3, 0.4) is 0 Å². The van der Waals surface area contributed by atoms with E-state index in [-0.39, 0.29) is 23.7 Å². The van der Waals surface area contributed by atoms with Crippen LogP contribution in [0.1, 0.15) is 23.0 Å². The molecule has 6 aromatic rings. The lowest BCUT2D eigenvalue weighted by Gasteiger charge is -2.50. The third-order valence-electron chi connectivity index (χ3n) is 9.35. The van der Waals surface area contributed by atoms with E-state index >= 15 is 0 Å². The normalized spacial score (nSPS) is 20.7. The largest absolute Gasteiger partial charge is 0.326 e. The van der Waals surface area contributed by atoms with Crippen molar-refractivity contribution in [2.75, 3.05) is 10.6 Å². The van der Waals surface area contributed by atoms with Gasteiger partial charge in [0.2, 0.25) is 11.8 Å². The Balaban J connectivity index is 1.28. The van der Waals surface area contributed by atoms with Crippen molar-refractivity contribution in [2.45, 2.75) is 11.8 Å². The molecule has 4 bridgehead atoms. The SMILES string of the molecule is O=C1Nc2ccc(cc2)-c2cccc3cccc(c23)-c2ccc(cc2)NC(=O)[C@H]2[C@@H]1[C@H](c1ccccc1)[C@@H]2c1ccccc1. The molecule has 1 saturated carbocycles. The van der Waals surface area contributed by atoms with E-state index in [0.29, 0.717) is 11.4 Å². The van der Waals surface area contributed by atoms with Crippen molar-refractivity contribution in [1.82, 2.24) is 0 Å². The first-order chi connectivity index (χ1) is 21.7. The Hall–Kier alpha value is -5.48. The number of carbonyl (C=O) groups excluding carboxylic acids is 2. The van der Waals surface area contributed by atoms with Gasteiger partial charge in [0.25, 0.3) is 0 Å². The van der Waals surface area contributed by atoms with Crippen molar-refractivity contribution in [3.05, 3.63) is 157 Å². The number of hydrogen-bond acceptors (Lipinski definition) is 2. The Labute approximate surface area is 256 Å². The van der Waals surface area contributed by atoms with E-state index in [2.05, 4.69) is 95.6 Å². The van der Waals surface area contributed by atoms with Gasteiger partial charge in [0.05, 0.1) is 11.8 Å². The van der Waals surface area contributed by atoms with Gasteiger partial charge in [-0.05, 0) is 68.4 Å². The fraction of sp³-hybridized carbons (Fsp3) is 0.100. The average Bonchev–Trinajstić information content (AvgIpc) is 3.05. The van der Waals surface area contributed by atoms with Crippen molar-refractivity contribution < 1.29 is 9.59 Å². The van der Waals surface area contributed by atoms with Crippen LogP contribution in [0, 0.1) is 11.8 Å². The Morgan fingerprint density at radius 2 is 0.795 bits per heavy atom. The molecule has 4 aliphatic heterocycles. The number of anilines is 2. The molecule has 212 valence electrons.